The van der Waals surface area contributed by atoms with Crippen LogP contribution in [0.25, 0.3) is 10.5 Å². The molecule has 0 atom stereocenters. The molecule has 4 nitrogen and oxygen atoms in total. The molecule has 3 heterocycles. The molecule has 6 heteroatoms. The number of fused-ring (bicyclic) bond motifs is 1. The Bertz CT molecular complexity index is 760. The summed E-state index contributed by atoms with van der Waals surface area (Å²) in [5.74, 6) is 0. The molecule has 1 aliphatic heterocycles. The van der Waals surface area contributed by atoms with E-state index in [1.54, 1.807) is 12.4 Å². The molecule has 1 saturated heterocycles. The zero-order valence-electron chi connectivity index (χ0n) is 11.5. The van der Waals surface area contributed by atoms with Gasteiger partial charge in [-0.05, 0) is 12.5 Å². The summed E-state index contributed by atoms with van der Waals surface area (Å²) >= 11 is 1.45. The van der Waals surface area contributed by atoms with Crippen molar-refractivity contribution in [2.75, 3.05) is 18.0 Å². The van der Waals surface area contributed by atoms with Gasteiger partial charge in [-0.25, -0.2) is 14.4 Å². The second-order valence-corrected chi connectivity index (χ2v) is 6.32. The first-order valence-corrected chi connectivity index (χ1v) is 7.54. The summed E-state index contributed by atoms with van der Waals surface area (Å²) in [6.45, 7) is 2.66. The Morgan fingerprint density at radius 2 is 1.86 bits per heavy atom. The highest BCUT2D eigenvalue weighted by Gasteiger charge is 2.46. The van der Waals surface area contributed by atoms with E-state index in [0.717, 1.165) is 21.1 Å². The molecule has 106 valence electrons. The van der Waals surface area contributed by atoms with E-state index in [-0.39, 0.29) is 0 Å². The summed E-state index contributed by atoms with van der Waals surface area (Å²) in [5.41, 5.74) is 1.22. The van der Waals surface area contributed by atoms with E-state index >= 15 is 0 Å². The van der Waals surface area contributed by atoms with Gasteiger partial charge in [0.05, 0.1) is 13.1 Å². The highest BCUT2D eigenvalue weighted by Crippen LogP contribution is 2.40. The van der Waals surface area contributed by atoms with Crippen LogP contribution in [0.5, 0.6) is 0 Å². The van der Waals surface area contributed by atoms with Crippen LogP contribution in [-0.2, 0) is 5.67 Å². The van der Waals surface area contributed by atoms with Gasteiger partial charge < -0.3 is 4.90 Å². The maximum atomic E-state index is 14.9. The number of alkyl halides is 1. The van der Waals surface area contributed by atoms with Gasteiger partial charge >= 0.3 is 0 Å². The molecule has 21 heavy (non-hydrogen) atoms. The van der Waals surface area contributed by atoms with Gasteiger partial charge in [0.25, 0.3) is 0 Å². The number of halogens is 1. The fourth-order valence-corrected chi connectivity index (χ4v) is 3.40. The van der Waals surface area contributed by atoms with Gasteiger partial charge in [0.2, 0.25) is 0 Å². The van der Waals surface area contributed by atoms with Crippen molar-refractivity contribution >= 4 is 26.9 Å². The summed E-state index contributed by atoms with van der Waals surface area (Å²) in [6, 6.07) is 7.64. The Balaban J connectivity index is 1.57. The summed E-state index contributed by atoms with van der Waals surface area (Å²) in [7, 11) is 0. The summed E-state index contributed by atoms with van der Waals surface area (Å²) < 4.78 is 14.9. The summed E-state index contributed by atoms with van der Waals surface area (Å²) in [6.07, 6.45) is 3.26. The van der Waals surface area contributed by atoms with Crippen LogP contribution >= 0.6 is 11.3 Å². The van der Waals surface area contributed by atoms with Crippen LogP contribution in [0.4, 0.5) is 9.52 Å². The van der Waals surface area contributed by atoms with E-state index in [9.17, 15) is 4.39 Å². The van der Waals surface area contributed by atoms with Crippen molar-refractivity contribution in [1.82, 2.24) is 15.0 Å². The van der Waals surface area contributed by atoms with Crippen LogP contribution in [0.15, 0.2) is 36.7 Å². The van der Waals surface area contributed by atoms with Gasteiger partial charge in [0.1, 0.15) is 0 Å². The lowest BCUT2D eigenvalue weighted by molar-refractivity contribution is 0.120. The maximum Gasteiger partial charge on any atom is 0.191 e. The van der Waals surface area contributed by atoms with Gasteiger partial charge in [0, 0.05) is 12.4 Å². The van der Waals surface area contributed by atoms with Crippen molar-refractivity contribution in [3.63, 3.8) is 0 Å². The monoisotopic (exact) mass is 300 g/mol. The van der Waals surface area contributed by atoms with Crippen LogP contribution in [0, 0.1) is 6.92 Å². The Hall–Kier alpha value is -2.08. The van der Waals surface area contributed by atoms with Crippen molar-refractivity contribution in [2.45, 2.75) is 12.6 Å². The topological polar surface area (TPSA) is 41.9 Å². The van der Waals surface area contributed by atoms with E-state index in [1.165, 1.54) is 11.3 Å². The number of thiazole rings is 1. The van der Waals surface area contributed by atoms with Gasteiger partial charge in [-0.2, -0.15) is 4.98 Å². The molecule has 0 bridgehead atoms. The second-order valence-electron chi connectivity index (χ2n) is 5.37. The first-order chi connectivity index (χ1) is 10.1. The average molecular weight is 300 g/mol. The first-order valence-electron chi connectivity index (χ1n) is 6.73. The Morgan fingerprint density at radius 1 is 1.14 bits per heavy atom. The van der Waals surface area contributed by atoms with Crippen LogP contribution < -0.4 is 4.90 Å². The average Bonchev–Trinajstić information content (AvgIpc) is 2.88. The van der Waals surface area contributed by atoms with Gasteiger partial charge in [-0.1, -0.05) is 41.2 Å². The molecular weight excluding hydrogens is 287 g/mol. The Labute approximate surface area is 125 Å². The zero-order chi connectivity index (χ0) is 14.4. The minimum absolute atomic E-state index is 0.329. The predicted molar refractivity (Wildman–Crippen MR) is 81.4 cm³/mol. The largest absolute Gasteiger partial charge is 0.341 e. The lowest BCUT2D eigenvalue weighted by Gasteiger charge is -2.44. The molecule has 0 N–H and O–H groups in total. The number of aryl methyl sites for hydroxylation is 1. The van der Waals surface area contributed by atoms with Crippen molar-refractivity contribution in [3.8, 4) is 0 Å². The van der Waals surface area contributed by atoms with Crippen LogP contribution in [0.3, 0.4) is 0 Å². The molecule has 0 unspecified atom stereocenters. The molecule has 3 aromatic rings. The fraction of sp³-hybridized carbons (Fsp3) is 0.267. The number of benzene rings is 1. The normalized spacial score (nSPS) is 17.0. The number of hydrogen-bond acceptors (Lipinski definition) is 5. The highest BCUT2D eigenvalue weighted by atomic mass is 32.1. The third-order valence-corrected chi connectivity index (χ3v) is 4.77. The minimum atomic E-state index is -1.29. The lowest BCUT2D eigenvalue weighted by Crippen LogP contribution is -2.56. The maximum absolute atomic E-state index is 14.9. The third kappa shape index (κ3) is 2.06. The van der Waals surface area contributed by atoms with E-state index < -0.39 is 5.67 Å². The summed E-state index contributed by atoms with van der Waals surface area (Å²) in [5, 5.41) is 0.789. The molecule has 0 amide bonds. The molecule has 2 aromatic heterocycles. The lowest BCUT2D eigenvalue weighted by atomic mass is 9.88. The van der Waals surface area contributed by atoms with Crippen molar-refractivity contribution in [3.05, 3.63) is 47.8 Å². The van der Waals surface area contributed by atoms with Gasteiger partial charge in [-0.3, -0.25) is 0 Å². The number of hydrogen-bond donors (Lipinski definition) is 0. The second kappa shape index (κ2) is 4.46. The molecular formula is C15H13FN4S. The highest BCUT2D eigenvalue weighted by molar-refractivity contribution is 7.21. The van der Waals surface area contributed by atoms with Crippen LogP contribution in [0.2, 0.25) is 0 Å². The number of anilines is 1. The first kappa shape index (κ1) is 12.6. The van der Waals surface area contributed by atoms with Crippen molar-refractivity contribution < 1.29 is 4.39 Å². The molecule has 0 spiro atoms. The predicted octanol–water partition coefficient (Wildman–Crippen LogP) is 3.08. The van der Waals surface area contributed by atoms with E-state index in [4.69, 9.17) is 0 Å². The van der Waals surface area contributed by atoms with Crippen molar-refractivity contribution in [1.29, 1.82) is 0 Å². The molecule has 0 radical (unpaired) electrons. The smallest absolute Gasteiger partial charge is 0.191 e. The SMILES string of the molecule is Cc1ccc(C2(F)CN(c3nc4nccnc4s3)C2)cc1. The quantitative estimate of drug-likeness (QED) is 0.729. The molecule has 4 rings (SSSR count). The molecule has 1 aromatic carbocycles. The molecule has 0 aliphatic carbocycles. The van der Waals surface area contributed by atoms with E-state index in [0.29, 0.717) is 18.7 Å². The van der Waals surface area contributed by atoms with Crippen LogP contribution in [-0.4, -0.2) is 28.0 Å². The minimum Gasteiger partial charge on any atom is -0.341 e. The standard InChI is InChI=1S/C15H13FN4S/c1-10-2-4-11(5-3-10)15(16)8-20(9-15)14-19-12-13(21-14)18-7-6-17-12/h2-7H,8-9H2,1H3. The number of aromatic nitrogens is 3. The van der Waals surface area contributed by atoms with Crippen LogP contribution in [0.1, 0.15) is 11.1 Å². The Kier molecular flexibility index (Phi) is 2.68. The number of nitrogens with zero attached hydrogens (tertiary/aromatic N) is 4. The van der Waals surface area contributed by atoms with Gasteiger partial charge in [-0.15, -0.1) is 0 Å². The van der Waals surface area contributed by atoms with E-state index in [1.807, 2.05) is 36.1 Å². The molecule has 1 aliphatic rings. The van der Waals surface area contributed by atoms with Gasteiger partial charge in [0.15, 0.2) is 21.3 Å². The zero-order valence-corrected chi connectivity index (χ0v) is 12.3. The van der Waals surface area contributed by atoms with Crippen molar-refractivity contribution in [2.24, 2.45) is 0 Å². The fourth-order valence-electron chi connectivity index (χ4n) is 2.53. The summed E-state index contributed by atoms with van der Waals surface area (Å²) in [4.78, 5) is 15.5. The van der Waals surface area contributed by atoms with E-state index in [2.05, 4.69) is 15.0 Å². The molecule has 0 saturated carbocycles. The Morgan fingerprint density at radius 3 is 2.57 bits per heavy atom. The number of rotatable bonds is 2. The third-order valence-electron chi connectivity index (χ3n) is 3.76. The molecule has 1 fully saturated rings.